The molecule has 0 bridgehead atoms. The number of amides is 1. The number of carbonyl (C=O) groups is 1. The lowest BCUT2D eigenvalue weighted by Crippen LogP contribution is -2.29. The first-order valence-electron chi connectivity index (χ1n) is 5.31. The van der Waals surface area contributed by atoms with Crippen molar-refractivity contribution in [3.63, 3.8) is 0 Å². The molecule has 3 nitrogen and oxygen atoms in total. The van der Waals surface area contributed by atoms with Crippen molar-refractivity contribution in [3.05, 3.63) is 34.9 Å². The number of halogens is 2. The van der Waals surface area contributed by atoms with Crippen molar-refractivity contribution in [3.8, 4) is 11.8 Å². The van der Waals surface area contributed by atoms with E-state index in [0.717, 1.165) is 0 Å². The molecule has 0 aliphatic rings. The fourth-order valence-corrected chi connectivity index (χ4v) is 1.35. The number of carbonyl (C=O) groups excluding carboxylic acids is 1. The van der Waals surface area contributed by atoms with Crippen LogP contribution in [-0.4, -0.2) is 30.6 Å². The van der Waals surface area contributed by atoms with Crippen LogP contribution in [0, 0.1) is 18.8 Å². The molecular weight excluding hydrogens is 240 g/mol. The molecule has 0 aromatic heterocycles. The van der Waals surface area contributed by atoms with Crippen molar-refractivity contribution in [1.29, 1.82) is 0 Å². The van der Waals surface area contributed by atoms with E-state index in [2.05, 4.69) is 17.2 Å². The first-order chi connectivity index (χ1) is 8.54. The minimum Gasteiger partial charge on any atom is -0.384 e. The number of alkyl halides is 2. The molecule has 1 amide bonds. The number of hydrogen-bond acceptors (Lipinski definition) is 2. The normalized spacial score (nSPS) is 9.83. The van der Waals surface area contributed by atoms with Crippen LogP contribution in [0.2, 0.25) is 0 Å². The molecule has 0 aliphatic carbocycles. The fraction of sp³-hybridized carbons (Fsp3) is 0.308. The molecule has 18 heavy (non-hydrogen) atoms. The lowest BCUT2D eigenvalue weighted by Gasteiger charge is -2.07. The molecule has 0 saturated heterocycles. The summed E-state index contributed by atoms with van der Waals surface area (Å²) in [6.07, 6.45) is -2.58. The highest BCUT2D eigenvalue weighted by atomic mass is 19.3. The van der Waals surface area contributed by atoms with Crippen molar-refractivity contribution >= 4 is 5.91 Å². The number of hydrogen-bond donors (Lipinski definition) is 2. The maximum absolute atomic E-state index is 12.0. The van der Waals surface area contributed by atoms with Crippen molar-refractivity contribution < 1.29 is 18.7 Å². The molecule has 5 heteroatoms. The summed E-state index contributed by atoms with van der Waals surface area (Å²) < 4.78 is 24.0. The van der Waals surface area contributed by atoms with E-state index in [1.807, 2.05) is 0 Å². The highest BCUT2D eigenvalue weighted by Gasteiger charge is 2.11. The minimum absolute atomic E-state index is 0.277. The van der Waals surface area contributed by atoms with Crippen LogP contribution < -0.4 is 5.32 Å². The Morgan fingerprint density at radius 1 is 1.50 bits per heavy atom. The third-order valence-corrected chi connectivity index (χ3v) is 2.21. The zero-order valence-electron chi connectivity index (χ0n) is 9.84. The van der Waals surface area contributed by atoms with E-state index >= 15 is 0 Å². The average Bonchev–Trinajstić information content (AvgIpc) is 2.35. The lowest BCUT2D eigenvalue weighted by molar-refractivity contribution is 0.0891. The predicted molar refractivity (Wildman–Crippen MR) is 63.5 cm³/mol. The molecular formula is C13H13F2NO2. The molecule has 0 atom stereocenters. The second-order valence-corrected chi connectivity index (χ2v) is 3.59. The Hall–Kier alpha value is -1.93. The zero-order chi connectivity index (χ0) is 13.5. The Kier molecular flexibility index (Phi) is 5.28. The van der Waals surface area contributed by atoms with Gasteiger partial charge in [-0.2, -0.15) is 0 Å². The van der Waals surface area contributed by atoms with Gasteiger partial charge in [-0.1, -0.05) is 17.9 Å². The van der Waals surface area contributed by atoms with Gasteiger partial charge >= 0.3 is 0 Å². The van der Waals surface area contributed by atoms with Gasteiger partial charge in [-0.25, -0.2) is 8.78 Å². The third-order valence-electron chi connectivity index (χ3n) is 2.21. The van der Waals surface area contributed by atoms with Gasteiger partial charge in [0.25, 0.3) is 12.3 Å². The Morgan fingerprint density at radius 3 is 2.83 bits per heavy atom. The topological polar surface area (TPSA) is 49.3 Å². The van der Waals surface area contributed by atoms with E-state index in [4.69, 9.17) is 5.11 Å². The van der Waals surface area contributed by atoms with E-state index in [-0.39, 0.29) is 6.61 Å². The Labute approximate surface area is 104 Å². The zero-order valence-corrected chi connectivity index (χ0v) is 9.84. The number of aliphatic hydroxyl groups excluding tert-OH is 1. The van der Waals surface area contributed by atoms with Crippen LogP contribution in [0.5, 0.6) is 0 Å². The Morgan fingerprint density at radius 2 is 2.22 bits per heavy atom. The first kappa shape index (κ1) is 14.1. The Bertz CT molecular complexity index is 489. The minimum atomic E-state index is -2.58. The smallest absolute Gasteiger partial charge is 0.255 e. The van der Waals surface area contributed by atoms with E-state index in [0.29, 0.717) is 16.7 Å². The van der Waals surface area contributed by atoms with Gasteiger partial charge in [0.05, 0.1) is 6.54 Å². The van der Waals surface area contributed by atoms with Crippen LogP contribution in [0.4, 0.5) is 8.78 Å². The van der Waals surface area contributed by atoms with Crippen LogP contribution in [0.1, 0.15) is 21.5 Å². The SMILES string of the molecule is Cc1ccc(C#CCO)cc1C(=O)NCC(F)F. The molecule has 0 spiro atoms. The summed E-state index contributed by atoms with van der Waals surface area (Å²) in [6, 6.07) is 4.89. The molecule has 2 N–H and O–H groups in total. The lowest BCUT2D eigenvalue weighted by atomic mass is 10.0. The molecule has 96 valence electrons. The molecule has 0 fully saturated rings. The van der Waals surface area contributed by atoms with Crippen LogP contribution in [0.25, 0.3) is 0 Å². The number of aliphatic hydroxyl groups is 1. The van der Waals surface area contributed by atoms with Gasteiger partial charge in [0.15, 0.2) is 0 Å². The molecule has 0 radical (unpaired) electrons. The highest BCUT2D eigenvalue weighted by molar-refractivity contribution is 5.96. The van der Waals surface area contributed by atoms with Gasteiger partial charge in [-0.05, 0) is 24.6 Å². The number of aryl methyl sites for hydroxylation is 1. The van der Waals surface area contributed by atoms with Crippen molar-refractivity contribution in [2.45, 2.75) is 13.3 Å². The van der Waals surface area contributed by atoms with Crippen LogP contribution >= 0.6 is 0 Å². The summed E-state index contributed by atoms with van der Waals surface area (Å²) in [4.78, 5) is 11.7. The van der Waals surface area contributed by atoms with Crippen LogP contribution in [-0.2, 0) is 0 Å². The molecule has 0 heterocycles. The first-order valence-corrected chi connectivity index (χ1v) is 5.31. The molecule has 1 rings (SSSR count). The van der Waals surface area contributed by atoms with Crippen molar-refractivity contribution in [2.75, 3.05) is 13.2 Å². The van der Waals surface area contributed by atoms with Gasteiger partial charge in [-0.3, -0.25) is 4.79 Å². The molecule has 1 aromatic carbocycles. The highest BCUT2D eigenvalue weighted by Crippen LogP contribution is 2.10. The number of rotatable bonds is 3. The van der Waals surface area contributed by atoms with Gasteiger partial charge in [0, 0.05) is 11.1 Å². The molecule has 1 aromatic rings. The van der Waals surface area contributed by atoms with E-state index < -0.39 is 18.9 Å². The molecule has 0 saturated carbocycles. The summed E-state index contributed by atoms with van der Waals surface area (Å²) in [5, 5.41) is 10.7. The number of nitrogens with one attached hydrogen (secondary N) is 1. The molecule has 0 aliphatic heterocycles. The summed E-state index contributed by atoms with van der Waals surface area (Å²) in [5.74, 6) is 4.55. The monoisotopic (exact) mass is 253 g/mol. The predicted octanol–water partition coefficient (Wildman–Crippen LogP) is 1.33. The van der Waals surface area contributed by atoms with E-state index in [1.165, 1.54) is 6.07 Å². The largest absolute Gasteiger partial charge is 0.384 e. The van der Waals surface area contributed by atoms with Crippen molar-refractivity contribution in [1.82, 2.24) is 5.32 Å². The van der Waals surface area contributed by atoms with Crippen molar-refractivity contribution in [2.24, 2.45) is 0 Å². The van der Waals surface area contributed by atoms with E-state index in [9.17, 15) is 13.6 Å². The quantitative estimate of drug-likeness (QED) is 0.798. The summed E-state index contributed by atoms with van der Waals surface area (Å²) in [6.45, 7) is 0.756. The van der Waals surface area contributed by atoms with Gasteiger partial charge in [0.2, 0.25) is 0 Å². The third kappa shape index (κ3) is 4.15. The maximum Gasteiger partial charge on any atom is 0.255 e. The standard InChI is InChI=1S/C13H13F2NO2/c1-9-4-5-10(3-2-6-17)7-11(9)13(18)16-8-12(14)15/h4-5,7,12,17H,6,8H2,1H3,(H,16,18). The Balaban J connectivity index is 2.89. The van der Waals surface area contributed by atoms with Crippen LogP contribution in [0.15, 0.2) is 18.2 Å². The molecule has 0 unspecified atom stereocenters. The van der Waals surface area contributed by atoms with Crippen LogP contribution in [0.3, 0.4) is 0 Å². The van der Waals surface area contributed by atoms with Gasteiger partial charge < -0.3 is 10.4 Å². The summed E-state index contributed by atoms with van der Waals surface area (Å²) in [5.41, 5.74) is 1.54. The van der Waals surface area contributed by atoms with Gasteiger partial charge in [-0.15, -0.1) is 0 Å². The fourth-order valence-electron chi connectivity index (χ4n) is 1.35. The summed E-state index contributed by atoms with van der Waals surface area (Å²) >= 11 is 0. The van der Waals surface area contributed by atoms with E-state index in [1.54, 1.807) is 19.1 Å². The summed E-state index contributed by atoms with van der Waals surface area (Å²) in [7, 11) is 0. The number of benzene rings is 1. The second-order valence-electron chi connectivity index (χ2n) is 3.59. The average molecular weight is 253 g/mol. The van der Waals surface area contributed by atoms with Gasteiger partial charge in [0.1, 0.15) is 6.61 Å². The maximum atomic E-state index is 12.0. The second kappa shape index (κ2) is 6.72.